The second-order valence-electron chi connectivity index (χ2n) is 5.97. The van der Waals surface area contributed by atoms with Crippen LogP contribution in [0, 0.1) is 11.3 Å². The van der Waals surface area contributed by atoms with Crippen molar-refractivity contribution < 1.29 is 9.53 Å². The van der Waals surface area contributed by atoms with Crippen molar-refractivity contribution in [3.8, 4) is 11.8 Å². The lowest BCUT2D eigenvalue weighted by Crippen LogP contribution is -2.04. The Morgan fingerprint density at radius 2 is 1.77 bits per heavy atom. The molecule has 0 amide bonds. The van der Waals surface area contributed by atoms with Gasteiger partial charge in [0.1, 0.15) is 6.07 Å². The third kappa shape index (κ3) is 4.01. The first-order chi connectivity index (χ1) is 12.7. The van der Waals surface area contributed by atoms with Gasteiger partial charge in [0.25, 0.3) is 0 Å². The van der Waals surface area contributed by atoms with Crippen LogP contribution in [0.25, 0.3) is 5.69 Å². The van der Waals surface area contributed by atoms with Crippen molar-refractivity contribution in [1.29, 1.82) is 5.26 Å². The number of aryl methyl sites for hydroxylation is 2. The number of hydrogen-bond donors (Lipinski definition) is 0. The molecule has 0 unspecified atom stereocenters. The second-order valence-corrected chi connectivity index (χ2v) is 5.97. The van der Waals surface area contributed by atoms with E-state index in [1.54, 1.807) is 19.1 Å². The van der Waals surface area contributed by atoms with E-state index in [0.717, 1.165) is 24.1 Å². The summed E-state index contributed by atoms with van der Waals surface area (Å²) in [6.07, 6.45) is 5.52. The van der Waals surface area contributed by atoms with Crippen LogP contribution >= 0.6 is 0 Å². The normalized spacial score (nSPS) is 10.3. The molecule has 3 rings (SSSR count). The van der Waals surface area contributed by atoms with Gasteiger partial charge in [-0.25, -0.2) is 4.79 Å². The van der Waals surface area contributed by atoms with E-state index in [2.05, 4.69) is 18.2 Å². The van der Waals surface area contributed by atoms with Crippen LogP contribution in [0.2, 0.25) is 0 Å². The molecular formula is C22H20N2O2. The van der Waals surface area contributed by atoms with Crippen LogP contribution in [-0.2, 0) is 17.6 Å². The zero-order valence-electron chi connectivity index (χ0n) is 14.7. The molecule has 0 atom stereocenters. The average molecular weight is 344 g/mol. The second kappa shape index (κ2) is 8.17. The first-order valence-electron chi connectivity index (χ1n) is 8.63. The van der Waals surface area contributed by atoms with Crippen molar-refractivity contribution in [2.75, 3.05) is 6.61 Å². The van der Waals surface area contributed by atoms with Crippen molar-refractivity contribution in [3.05, 3.63) is 89.2 Å². The highest BCUT2D eigenvalue weighted by Gasteiger charge is 2.10. The molecule has 0 aliphatic heterocycles. The van der Waals surface area contributed by atoms with E-state index in [4.69, 9.17) is 4.74 Å². The quantitative estimate of drug-likeness (QED) is 0.626. The van der Waals surface area contributed by atoms with Crippen LogP contribution in [0.5, 0.6) is 0 Å². The molecule has 3 aromatic rings. The summed E-state index contributed by atoms with van der Waals surface area (Å²) in [4.78, 5) is 11.7. The molecule has 0 bridgehead atoms. The molecular weight excluding hydrogens is 324 g/mol. The standard InChI is InChI=1S/C22H20N2O2/c1-2-26-22(25)18-10-12-21(13-11-18)24-15-19(20(14-23)16-24)9-8-17-6-4-3-5-7-17/h3-7,10-13,15-16H,2,8-9H2,1H3. The van der Waals surface area contributed by atoms with E-state index in [-0.39, 0.29) is 5.97 Å². The largest absolute Gasteiger partial charge is 0.462 e. The third-order valence-electron chi connectivity index (χ3n) is 4.23. The maximum absolute atomic E-state index is 11.7. The van der Waals surface area contributed by atoms with Gasteiger partial charge in [0.05, 0.1) is 17.7 Å². The molecule has 1 heterocycles. The average Bonchev–Trinajstić information content (AvgIpc) is 3.11. The number of esters is 1. The number of ether oxygens (including phenoxy) is 1. The highest BCUT2D eigenvalue weighted by atomic mass is 16.5. The number of aromatic nitrogens is 1. The molecule has 0 saturated carbocycles. The van der Waals surface area contributed by atoms with E-state index in [0.29, 0.717) is 17.7 Å². The predicted octanol–water partition coefficient (Wildman–Crippen LogP) is 4.31. The summed E-state index contributed by atoms with van der Waals surface area (Å²) in [5, 5.41) is 9.43. The topological polar surface area (TPSA) is 55.0 Å². The molecule has 0 spiro atoms. The van der Waals surface area contributed by atoms with Gasteiger partial charge in [0.2, 0.25) is 0 Å². The van der Waals surface area contributed by atoms with Gasteiger partial charge in [-0.2, -0.15) is 5.26 Å². The lowest BCUT2D eigenvalue weighted by molar-refractivity contribution is 0.0526. The number of hydrogen-bond acceptors (Lipinski definition) is 3. The molecule has 130 valence electrons. The zero-order valence-corrected chi connectivity index (χ0v) is 14.7. The molecule has 2 aromatic carbocycles. The molecule has 0 aliphatic rings. The summed E-state index contributed by atoms with van der Waals surface area (Å²) in [5.41, 5.74) is 4.37. The predicted molar refractivity (Wildman–Crippen MR) is 100 cm³/mol. The highest BCUT2D eigenvalue weighted by molar-refractivity contribution is 5.89. The molecule has 26 heavy (non-hydrogen) atoms. The molecule has 0 radical (unpaired) electrons. The summed E-state index contributed by atoms with van der Waals surface area (Å²) in [7, 11) is 0. The fourth-order valence-electron chi connectivity index (χ4n) is 2.85. The first-order valence-corrected chi connectivity index (χ1v) is 8.63. The van der Waals surface area contributed by atoms with Gasteiger partial charge in [-0.1, -0.05) is 30.3 Å². The minimum absolute atomic E-state index is 0.326. The maximum Gasteiger partial charge on any atom is 0.338 e. The Balaban J connectivity index is 1.77. The van der Waals surface area contributed by atoms with Gasteiger partial charge in [0, 0.05) is 18.1 Å². The summed E-state index contributed by atoms with van der Waals surface area (Å²) >= 11 is 0. The van der Waals surface area contributed by atoms with E-state index in [9.17, 15) is 10.1 Å². The van der Waals surface area contributed by atoms with Crippen molar-refractivity contribution >= 4 is 5.97 Å². The van der Waals surface area contributed by atoms with Gasteiger partial charge in [-0.05, 0) is 55.2 Å². The Hall–Kier alpha value is -3.32. The Labute approximate surface area is 153 Å². The summed E-state index contributed by atoms with van der Waals surface area (Å²) in [6.45, 7) is 2.14. The fraction of sp³-hybridized carbons (Fsp3) is 0.182. The number of nitrogens with zero attached hydrogens (tertiary/aromatic N) is 2. The van der Waals surface area contributed by atoms with Crippen molar-refractivity contribution in [1.82, 2.24) is 4.57 Å². The molecule has 0 aliphatic carbocycles. The van der Waals surface area contributed by atoms with E-state index < -0.39 is 0 Å². The van der Waals surface area contributed by atoms with E-state index >= 15 is 0 Å². The van der Waals surface area contributed by atoms with Gasteiger partial charge in [-0.15, -0.1) is 0 Å². The monoisotopic (exact) mass is 344 g/mol. The number of rotatable bonds is 6. The number of benzene rings is 2. The first kappa shape index (κ1) is 17.5. The lowest BCUT2D eigenvalue weighted by atomic mass is 10.0. The summed E-state index contributed by atoms with van der Waals surface area (Å²) < 4.78 is 6.92. The van der Waals surface area contributed by atoms with Crippen LogP contribution in [-0.4, -0.2) is 17.1 Å². The number of nitriles is 1. The lowest BCUT2D eigenvalue weighted by Gasteiger charge is -2.05. The van der Waals surface area contributed by atoms with Crippen LogP contribution < -0.4 is 0 Å². The Bertz CT molecular complexity index is 919. The maximum atomic E-state index is 11.7. The Morgan fingerprint density at radius 3 is 2.42 bits per heavy atom. The van der Waals surface area contributed by atoms with Gasteiger partial charge < -0.3 is 9.30 Å². The van der Waals surface area contributed by atoms with E-state index in [1.807, 2.05) is 47.3 Å². The van der Waals surface area contributed by atoms with Gasteiger partial charge >= 0.3 is 5.97 Å². The summed E-state index contributed by atoms with van der Waals surface area (Å²) in [6, 6.07) is 19.7. The van der Waals surface area contributed by atoms with Gasteiger partial charge in [0.15, 0.2) is 0 Å². The zero-order chi connectivity index (χ0) is 18.4. The SMILES string of the molecule is CCOC(=O)c1ccc(-n2cc(C#N)c(CCc3ccccc3)c2)cc1. The van der Waals surface area contributed by atoms with Crippen molar-refractivity contribution in [3.63, 3.8) is 0 Å². The number of carbonyl (C=O) groups is 1. The van der Waals surface area contributed by atoms with Crippen LogP contribution in [0.3, 0.4) is 0 Å². The summed E-state index contributed by atoms with van der Waals surface area (Å²) in [5.74, 6) is -0.326. The fourth-order valence-corrected chi connectivity index (χ4v) is 2.85. The minimum Gasteiger partial charge on any atom is -0.462 e. The molecule has 1 aromatic heterocycles. The molecule has 0 saturated heterocycles. The van der Waals surface area contributed by atoms with Crippen LogP contribution in [0.1, 0.15) is 34.0 Å². The highest BCUT2D eigenvalue weighted by Crippen LogP contribution is 2.18. The van der Waals surface area contributed by atoms with Crippen molar-refractivity contribution in [2.24, 2.45) is 0 Å². The molecule has 0 N–H and O–H groups in total. The molecule has 4 nitrogen and oxygen atoms in total. The van der Waals surface area contributed by atoms with Crippen LogP contribution in [0.15, 0.2) is 67.0 Å². The van der Waals surface area contributed by atoms with Gasteiger partial charge in [-0.3, -0.25) is 0 Å². The molecule has 4 heteroatoms. The smallest absolute Gasteiger partial charge is 0.338 e. The third-order valence-corrected chi connectivity index (χ3v) is 4.23. The Morgan fingerprint density at radius 1 is 1.04 bits per heavy atom. The molecule has 0 fully saturated rings. The van der Waals surface area contributed by atoms with E-state index in [1.165, 1.54) is 5.56 Å². The van der Waals surface area contributed by atoms with Crippen LogP contribution in [0.4, 0.5) is 0 Å². The minimum atomic E-state index is -0.326. The number of carbonyl (C=O) groups excluding carboxylic acids is 1. The Kier molecular flexibility index (Phi) is 5.50. The van der Waals surface area contributed by atoms with Crippen molar-refractivity contribution in [2.45, 2.75) is 19.8 Å².